The first-order valence-corrected chi connectivity index (χ1v) is 16.6. The zero-order valence-corrected chi connectivity index (χ0v) is 29.4. The summed E-state index contributed by atoms with van der Waals surface area (Å²) in [6, 6.07) is 17.6. The molecule has 0 saturated carbocycles. The Morgan fingerprint density at radius 1 is 1.00 bits per heavy atom. The molecule has 0 spiro atoms. The van der Waals surface area contributed by atoms with Crippen molar-refractivity contribution in [1.82, 2.24) is 28.1 Å². The predicted octanol–water partition coefficient (Wildman–Crippen LogP) is 5.21. The molecular weight excluding hydrogens is 662 g/mol. The summed E-state index contributed by atoms with van der Waals surface area (Å²) in [6.07, 6.45) is 4.80. The van der Waals surface area contributed by atoms with Crippen molar-refractivity contribution in [3.05, 3.63) is 106 Å². The summed E-state index contributed by atoms with van der Waals surface area (Å²) in [5.74, 6) is -0.718. The van der Waals surface area contributed by atoms with Gasteiger partial charge in [-0.3, -0.25) is 28.4 Å². The summed E-state index contributed by atoms with van der Waals surface area (Å²) in [7, 11) is 3.71. The lowest BCUT2D eigenvalue weighted by molar-refractivity contribution is 0.0397. The molecule has 2 amide bonds. The number of carbonyl (C=O) groups excluding carboxylic acids is 3. The third kappa shape index (κ3) is 8.56. The minimum absolute atomic E-state index is 0.00537. The number of hydrogen-bond donors (Lipinski definition) is 1. The van der Waals surface area contributed by atoms with E-state index < -0.39 is 11.5 Å². The molecular formula is C36H40FN7O5S. The van der Waals surface area contributed by atoms with Crippen molar-refractivity contribution in [2.24, 2.45) is 0 Å². The van der Waals surface area contributed by atoms with Crippen molar-refractivity contribution < 1.29 is 23.0 Å². The molecule has 1 aliphatic heterocycles. The summed E-state index contributed by atoms with van der Waals surface area (Å²) in [6.45, 7) is 9.33. The van der Waals surface area contributed by atoms with Gasteiger partial charge in [0.15, 0.2) is 12.3 Å². The largest absolute Gasteiger partial charge is 0.379 e. The van der Waals surface area contributed by atoms with E-state index in [2.05, 4.69) is 15.3 Å². The number of likely N-dealkylation sites (N-methyl/N-ethyl adjacent to an activating group) is 1. The van der Waals surface area contributed by atoms with Crippen molar-refractivity contribution in [3.63, 3.8) is 0 Å². The number of nitrogens with one attached hydrogen (secondary N) is 1. The van der Waals surface area contributed by atoms with Crippen molar-refractivity contribution in [2.75, 3.05) is 45.7 Å². The number of piperazine rings is 1. The molecule has 12 nitrogen and oxygen atoms in total. The van der Waals surface area contributed by atoms with Crippen LogP contribution in [0.1, 0.15) is 47.1 Å². The van der Waals surface area contributed by atoms with Crippen molar-refractivity contribution in [1.29, 1.82) is 0 Å². The van der Waals surface area contributed by atoms with E-state index in [1.165, 1.54) is 16.8 Å². The Hall–Kier alpha value is -5.05. The highest BCUT2D eigenvalue weighted by Crippen LogP contribution is 2.28. The lowest BCUT2D eigenvalue weighted by Gasteiger charge is -2.32. The SMILES string of the molecule is CN1CCN(C(=O)c2ccc3c(c2)cc(-c2cc(C(=O)Nc4cnn(Cc5ccccc5)c4)cn(SF)c2=O)n3C=O)CC1.COC(C)(C)C. The highest BCUT2D eigenvalue weighted by molar-refractivity contribution is 7.92. The second-order valence-corrected chi connectivity index (χ2v) is 13.4. The van der Waals surface area contributed by atoms with E-state index in [1.807, 2.05) is 58.2 Å². The molecule has 3 aromatic heterocycles. The van der Waals surface area contributed by atoms with Gasteiger partial charge in [0.25, 0.3) is 17.4 Å². The van der Waals surface area contributed by atoms with E-state index in [0.717, 1.165) is 24.8 Å². The maximum absolute atomic E-state index is 13.9. The zero-order valence-electron chi connectivity index (χ0n) is 28.6. The minimum Gasteiger partial charge on any atom is -0.379 e. The molecule has 50 heavy (non-hydrogen) atoms. The van der Waals surface area contributed by atoms with Gasteiger partial charge in [0.2, 0.25) is 6.41 Å². The molecule has 14 heteroatoms. The molecule has 262 valence electrons. The zero-order chi connectivity index (χ0) is 36.0. The van der Waals surface area contributed by atoms with Crippen LogP contribution in [0.3, 0.4) is 0 Å². The van der Waals surface area contributed by atoms with Crippen molar-refractivity contribution >= 4 is 47.1 Å². The molecule has 6 rings (SSSR count). The van der Waals surface area contributed by atoms with Gasteiger partial charge in [0.05, 0.1) is 46.4 Å². The van der Waals surface area contributed by atoms with E-state index in [4.69, 9.17) is 4.74 Å². The first kappa shape index (κ1) is 36.2. The van der Waals surface area contributed by atoms with Crippen LogP contribution in [-0.4, -0.2) is 92.3 Å². The van der Waals surface area contributed by atoms with Gasteiger partial charge in [-0.1, -0.05) is 30.3 Å². The van der Waals surface area contributed by atoms with Crippen LogP contribution >= 0.6 is 12.3 Å². The Morgan fingerprint density at radius 3 is 2.34 bits per heavy atom. The van der Waals surface area contributed by atoms with E-state index >= 15 is 0 Å². The molecule has 1 N–H and O–H groups in total. The average molecular weight is 702 g/mol. The number of anilines is 1. The van der Waals surface area contributed by atoms with E-state index in [-0.39, 0.29) is 40.7 Å². The predicted molar refractivity (Wildman–Crippen MR) is 194 cm³/mol. The minimum atomic E-state index is -0.746. The lowest BCUT2D eigenvalue weighted by atomic mass is 10.1. The second kappa shape index (κ2) is 15.7. The Balaban J connectivity index is 0.000000745. The van der Waals surface area contributed by atoms with Crippen LogP contribution < -0.4 is 10.9 Å². The van der Waals surface area contributed by atoms with Crippen molar-refractivity contribution in [3.8, 4) is 11.3 Å². The second-order valence-electron chi connectivity index (χ2n) is 12.9. The third-order valence-electron chi connectivity index (χ3n) is 8.27. The van der Waals surface area contributed by atoms with Gasteiger partial charge >= 0.3 is 0 Å². The van der Waals surface area contributed by atoms with Crippen LogP contribution in [0.15, 0.2) is 84.0 Å². The number of benzene rings is 2. The van der Waals surface area contributed by atoms with Gasteiger partial charge < -0.3 is 19.9 Å². The fourth-order valence-corrected chi connectivity index (χ4v) is 5.60. The first-order valence-electron chi connectivity index (χ1n) is 16.0. The molecule has 2 aromatic carbocycles. The molecule has 0 atom stereocenters. The highest BCUT2D eigenvalue weighted by atomic mass is 32.2. The maximum Gasteiger partial charge on any atom is 0.271 e. The Bertz CT molecular complexity index is 2040. The van der Waals surface area contributed by atoms with Gasteiger partial charge in [-0.2, -0.15) is 5.10 Å². The van der Waals surface area contributed by atoms with Crippen molar-refractivity contribution in [2.45, 2.75) is 32.9 Å². The summed E-state index contributed by atoms with van der Waals surface area (Å²) < 4.78 is 22.5. The molecule has 0 unspecified atom stereocenters. The van der Waals surface area contributed by atoms with Gasteiger partial charge in [0.1, 0.15) is 0 Å². The smallest absolute Gasteiger partial charge is 0.271 e. The number of carbonyl (C=O) groups is 3. The first-order chi connectivity index (χ1) is 23.9. The number of amides is 2. The maximum atomic E-state index is 13.9. The van der Waals surface area contributed by atoms with E-state index in [9.17, 15) is 23.1 Å². The number of pyridine rings is 1. The molecule has 5 aromatic rings. The van der Waals surface area contributed by atoms with Gasteiger partial charge in [-0.25, -0.2) is 3.97 Å². The summed E-state index contributed by atoms with van der Waals surface area (Å²) >= 11 is -0.353. The number of aromatic nitrogens is 4. The Morgan fingerprint density at radius 2 is 1.70 bits per heavy atom. The number of nitrogens with zero attached hydrogens (tertiary/aromatic N) is 6. The molecule has 0 bridgehead atoms. The number of halogens is 1. The molecule has 0 aliphatic carbocycles. The monoisotopic (exact) mass is 701 g/mol. The quantitative estimate of drug-likeness (QED) is 0.219. The van der Waals surface area contributed by atoms with Crippen LogP contribution in [0, 0.1) is 0 Å². The number of rotatable bonds is 8. The van der Waals surface area contributed by atoms with Crippen LogP contribution in [0.2, 0.25) is 0 Å². The molecule has 1 saturated heterocycles. The standard InChI is InChI=1S/C31H28FN7O4S.C5H12O/c1-35-9-11-36(12-10-35)30(42)22-7-8-27-23(13-22)15-28(38(27)20-40)26-14-24(18-39(44-32)31(26)43)29(41)34-25-16-33-37(19-25)17-21-5-3-2-4-6-21;1-5(2,3)6-4/h2-8,13-16,18-20H,9-12,17H2,1H3,(H,34,41);1-4H3. The number of fused-ring (bicyclic) bond motifs is 1. The average Bonchev–Trinajstić information content (AvgIpc) is 3.71. The summed E-state index contributed by atoms with van der Waals surface area (Å²) in [5, 5.41) is 7.56. The van der Waals surface area contributed by atoms with Crippen LogP contribution in [0.25, 0.3) is 22.2 Å². The van der Waals surface area contributed by atoms with Crippen LogP contribution in [0.4, 0.5) is 9.57 Å². The molecule has 0 radical (unpaired) electrons. The molecule has 1 aliphatic rings. The summed E-state index contributed by atoms with van der Waals surface area (Å²) in [4.78, 5) is 55.8. The Kier molecular flexibility index (Phi) is 11.3. The number of methoxy groups -OCH3 is 1. The Labute approximate surface area is 293 Å². The van der Waals surface area contributed by atoms with E-state index in [1.54, 1.807) is 47.2 Å². The van der Waals surface area contributed by atoms with E-state index in [0.29, 0.717) is 52.2 Å². The topological polar surface area (TPSA) is 124 Å². The molecule has 1 fully saturated rings. The third-order valence-corrected chi connectivity index (χ3v) is 8.69. The number of hydrogen-bond acceptors (Lipinski definition) is 8. The highest BCUT2D eigenvalue weighted by Gasteiger charge is 2.23. The van der Waals surface area contributed by atoms with Crippen LogP contribution in [-0.2, 0) is 16.1 Å². The fraction of sp³-hybridized carbons (Fsp3) is 0.306. The normalized spacial score (nSPS) is 13.5. The van der Waals surface area contributed by atoms with Gasteiger partial charge in [-0.05, 0) is 63.7 Å². The lowest BCUT2D eigenvalue weighted by Crippen LogP contribution is -2.47. The fourth-order valence-electron chi connectivity index (χ4n) is 5.29. The van der Waals surface area contributed by atoms with Gasteiger partial charge in [-0.15, -0.1) is 3.89 Å². The summed E-state index contributed by atoms with van der Waals surface area (Å²) in [5.41, 5.74) is 1.76. The van der Waals surface area contributed by atoms with Crippen LogP contribution in [0.5, 0.6) is 0 Å². The molecule has 4 heterocycles. The van der Waals surface area contributed by atoms with Gasteiger partial charge in [0, 0.05) is 56.6 Å². The number of ether oxygens (including phenoxy) is 1.